The van der Waals surface area contributed by atoms with E-state index in [-0.39, 0.29) is 94.5 Å². The van der Waals surface area contributed by atoms with Crippen LogP contribution in [-0.4, -0.2) is 197 Å². The third-order valence-electron chi connectivity index (χ3n) is 23.9. The van der Waals surface area contributed by atoms with E-state index in [1.807, 2.05) is 96.4 Å². The minimum atomic E-state index is -3.92. The first-order valence-corrected chi connectivity index (χ1v) is 44.3. The van der Waals surface area contributed by atoms with Crippen molar-refractivity contribution in [2.24, 2.45) is 23.2 Å². The molecule has 24 nitrogen and oxygen atoms in total. The van der Waals surface area contributed by atoms with Gasteiger partial charge in [0.15, 0.2) is 21.4 Å². The van der Waals surface area contributed by atoms with Crippen molar-refractivity contribution < 1.29 is 78.2 Å². The maximum Gasteiger partial charge on any atom is 0.265 e. The molecule has 9 atom stereocenters. The van der Waals surface area contributed by atoms with E-state index in [1.165, 1.54) is 34.1 Å². The number of nitrogens with one attached hydrogen (secondary N) is 2. The highest BCUT2D eigenvalue weighted by Crippen LogP contribution is 2.58. The van der Waals surface area contributed by atoms with Gasteiger partial charge < -0.3 is 39.1 Å². The fourth-order valence-electron chi connectivity index (χ4n) is 16.3. The summed E-state index contributed by atoms with van der Waals surface area (Å²) in [4.78, 5) is 133. The second-order valence-corrected chi connectivity index (χ2v) is 37.7. The number of alkyl halides is 2. The summed E-state index contributed by atoms with van der Waals surface area (Å²) in [7, 11) is -5.99. The predicted molar refractivity (Wildman–Crippen MR) is 428 cm³/mol. The number of allylic oxidation sites excluding steroid dienone is 2. The molecule has 29 heteroatoms. The number of rotatable bonds is 24. The summed E-state index contributed by atoms with van der Waals surface area (Å²) >= 11 is 1.48. The van der Waals surface area contributed by atoms with Crippen molar-refractivity contribution in [3.8, 4) is 39.2 Å². The predicted octanol–water partition coefficient (Wildman–Crippen LogP) is 12.1. The fourth-order valence-corrected chi connectivity index (χ4v) is 20.4. The second-order valence-electron chi connectivity index (χ2n) is 32.6. The average molecular weight is 1630 g/mol. The van der Waals surface area contributed by atoms with Crippen molar-refractivity contribution in [2.45, 2.75) is 215 Å². The van der Waals surface area contributed by atoms with Gasteiger partial charge in [0.05, 0.1) is 65.7 Å². The summed E-state index contributed by atoms with van der Waals surface area (Å²) in [5, 5.41) is 5.80. The number of benzene rings is 3. The zero-order valence-electron chi connectivity index (χ0n) is 65.4. The van der Waals surface area contributed by atoms with Crippen LogP contribution in [0, 0.1) is 23.2 Å². The average Bonchev–Trinajstić information content (AvgIpc) is 1.57. The fraction of sp³-hybridized carbons (Fsp3) is 0.541. The number of Topliss-reactive ketones (excluding diaryl/α,β-unsaturated/α-hetero) is 2. The van der Waals surface area contributed by atoms with E-state index in [4.69, 9.17) is 29.2 Å². The molecule has 5 aliphatic heterocycles. The minimum Gasteiger partial charge on any atom is -0.497 e. The maximum absolute atomic E-state index is 14.9. The zero-order chi connectivity index (χ0) is 81.0. The quantitative estimate of drug-likeness (QED) is 0.0532. The Morgan fingerprint density at radius 3 is 2.10 bits per heavy atom. The van der Waals surface area contributed by atoms with Crippen LogP contribution in [0.4, 0.5) is 8.78 Å². The number of methoxy groups -OCH3 is 1. The molecule has 14 rings (SSSR count). The summed E-state index contributed by atoms with van der Waals surface area (Å²) < 4.78 is 102. The Bertz CT molecular complexity index is 4910. The number of carbonyl (C=O) groups is 8. The van der Waals surface area contributed by atoms with Gasteiger partial charge in [-0.3, -0.25) is 43.1 Å². The van der Waals surface area contributed by atoms with Crippen molar-refractivity contribution in [3.05, 3.63) is 121 Å². The molecule has 8 aliphatic rings. The molecule has 0 bridgehead atoms. The van der Waals surface area contributed by atoms with Crippen molar-refractivity contribution in [1.29, 1.82) is 0 Å². The zero-order valence-corrected chi connectivity index (χ0v) is 67.9. The van der Waals surface area contributed by atoms with E-state index in [0.717, 1.165) is 58.7 Å². The third-order valence-corrected chi connectivity index (χ3v) is 28.7. The lowest BCUT2D eigenvalue weighted by Gasteiger charge is -2.35. The lowest BCUT2D eigenvalue weighted by Crippen LogP contribution is -2.63. The summed E-state index contributed by atoms with van der Waals surface area (Å²) in [6, 6.07) is 24.2. The van der Waals surface area contributed by atoms with Gasteiger partial charge in [-0.15, -0.1) is 17.9 Å². The topological polar surface area (TPSA) is 308 Å². The van der Waals surface area contributed by atoms with Crippen LogP contribution in [-0.2, 0) is 58.2 Å². The number of aromatic nitrogens is 3. The Balaban J connectivity index is 0.000000200. The Hall–Kier alpha value is -9.09. The summed E-state index contributed by atoms with van der Waals surface area (Å²) in [6.07, 6.45) is 12.0. The molecule has 3 aromatic heterocycles. The van der Waals surface area contributed by atoms with Crippen molar-refractivity contribution in [3.63, 3.8) is 0 Å². The molecular weight excluding hydrogens is 1520 g/mol. The van der Waals surface area contributed by atoms with Crippen LogP contribution in [0.2, 0.25) is 0 Å². The Kier molecular flexibility index (Phi) is 25.3. The van der Waals surface area contributed by atoms with E-state index in [2.05, 4.69) is 30.5 Å². The molecule has 6 amide bonds. The van der Waals surface area contributed by atoms with Gasteiger partial charge in [-0.25, -0.2) is 40.6 Å². The number of ketones is 2. The molecule has 6 aromatic rings. The molecule has 3 aliphatic carbocycles. The molecule has 7 fully saturated rings. The largest absolute Gasteiger partial charge is 0.497 e. The highest BCUT2D eigenvalue weighted by atomic mass is 32.2. The molecule has 8 heterocycles. The number of pyridine rings is 2. The van der Waals surface area contributed by atoms with Crippen LogP contribution in [0.1, 0.15) is 174 Å². The number of para-hydroxylation sites is 1. The first kappa shape index (κ1) is 82.9. The molecule has 610 valence electrons. The van der Waals surface area contributed by atoms with Crippen LogP contribution in [0.15, 0.2) is 115 Å². The van der Waals surface area contributed by atoms with E-state index >= 15 is 0 Å². The lowest BCUT2D eigenvalue weighted by atomic mass is 9.86. The third kappa shape index (κ3) is 19.2. The molecule has 3 aromatic carbocycles. The Morgan fingerprint density at radius 1 is 0.737 bits per heavy atom. The molecule has 4 saturated heterocycles. The van der Waals surface area contributed by atoms with Crippen LogP contribution in [0.25, 0.3) is 43.8 Å². The van der Waals surface area contributed by atoms with Gasteiger partial charge in [-0.1, -0.05) is 94.3 Å². The first-order valence-electron chi connectivity index (χ1n) is 40.2. The van der Waals surface area contributed by atoms with Gasteiger partial charge in [0.25, 0.3) is 11.8 Å². The van der Waals surface area contributed by atoms with Crippen LogP contribution in [0.3, 0.4) is 0 Å². The van der Waals surface area contributed by atoms with Crippen LogP contribution in [0.5, 0.6) is 17.2 Å². The van der Waals surface area contributed by atoms with Crippen LogP contribution >= 0.6 is 11.3 Å². The van der Waals surface area contributed by atoms with Gasteiger partial charge in [-0.05, 0) is 120 Å². The van der Waals surface area contributed by atoms with Crippen molar-refractivity contribution in [2.75, 3.05) is 52.1 Å². The number of fused-ring (bicyclic) bond motifs is 4. The normalized spacial score (nSPS) is 24.5. The molecule has 2 N–H and O–H groups in total. The first-order chi connectivity index (χ1) is 54.4. The van der Waals surface area contributed by atoms with Crippen molar-refractivity contribution in [1.82, 2.24) is 44.6 Å². The summed E-state index contributed by atoms with van der Waals surface area (Å²) in [5.74, 6) is -7.39. The van der Waals surface area contributed by atoms with E-state index in [1.54, 1.807) is 25.0 Å². The summed E-state index contributed by atoms with van der Waals surface area (Å²) in [6.45, 7) is 11.9. The van der Waals surface area contributed by atoms with Gasteiger partial charge in [0.1, 0.15) is 57.5 Å². The van der Waals surface area contributed by atoms with E-state index in [0.29, 0.717) is 110 Å². The highest BCUT2D eigenvalue weighted by molar-refractivity contribution is 7.93. The van der Waals surface area contributed by atoms with E-state index in [9.17, 15) is 64.0 Å². The smallest absolute Gasteiger partial charge is 0.265 e. The van der Waals surface area contributed by atoms with E-state index < -0.39 is 131 Å². The van der Waals surface area contributed by atoms with Crippen molar-refractivity contribution >= 4 is 100 Å². The van der Waals surface area contributed by atoms with Gasteiger partial charge in [0.2, 0.25) is 39.6 Å². The number of sulfonamides is 1. The lowest BCUT2D eigenvalue weighted by molar-refractivity contribution is -0.148. The summed E-state index contributed by atoms with van der Waals surface area (Å²) in [5.41, 5.74) is 1.50. The number of sulfone groups is 1. The number of thiazole rings is 1. The number of piperidine rings is 2. The Morgan fingerprint density at radius 2 is 1.40 bits per heavy atom. The molecule has 114 heavy (non-hydrogen) atoms. The number of hydrogen-bond acceptors (Lipinski definition) is 19. The number of carbonyl (C=O) groups excluding carboxylic acids is 8. The Labute approximate surface area is 669 Å². The number of amides is 6. The van der Waals surface area contributed by atoms with Crippen LogP contribution < -0.4 is 24.2 Å². The van der Waals surface area contributed by atoms with Gasteiger partial charge in [-0.2, -0.15) is 0 Å². The monoisotopic (exact) mass is 1620 g/mol. The van der Waals surface area contributed by atoms with Gasteiger partial charge >= 0.3 is 0 Å². The molecule has 1 unspecified atom stereocenters. The standard InChI is InChI=1S/C45H54F2N4O7S2.C40H49N5O8S/c1-28(2)36-25-59-42(49-36)35-21-39(33-13-8-9-14-34(33)48-35)58-31-20-37-38(52)23-44(40(53)26-60(56,57)32-15-16-32)22-30(44)12-7-5-3-4-6-11-29(43(55)51(37)24-31)19-41(54)50-18-10-17-45(46,47)27-50;1-5-26(2)40(3,39(49)43-54(50,51)30-15-16-30)42-38(48)34-23-29(25-45(34)37(47)19-18-36(46)44-20-10-7-11-21-44)53-35-24-32(27-12-8-6-9-13-27)41-33-22-28(52-4)14-17-31(33)35/h7-9,12-14,21,25,28-32,37H,3-6,10-11,15-20,22-24,26-27H2,1-2H3;5-6,8-9,12-14,17,22,24,26,29-30,34H,1,7,10-11,15-16,18-21,23,25H2,2-4H3,(H,42,48)(H,43,49)/b12-7-;/t29-,30-,31-,37+,44-;26?,29-,34+,40-/m11/s1. The maximum atomic E-state index is 14.9. The number of halogens is 2. The van der Waals surface area contributed by atoms with Gasteiger partial charge in [0, 0.05) is 122 Å². The number of hydrogen-bond donors (Lipinski definition) is 2. The number of nitrogens with zero attached hydrogens (tertiary/aromatic N) is 7. The molecular formula is C85H103F2N9O15S3. The highest BCUT2D eigenvalue weighted by Gasteiger charge is 2.61. The molecule has 0 spiro atoms. The number of ether oxygens (including phenoxy) is 3. The molecule has 3 saturated carbocycles. The second kappa shape index (κ2) is 34.8. The minimum absolute atomic E-state index is 0.000890. The SMILES string of the molecule is C=CC(C)[C@@](C)(NC(=O)[C@@H]1C[C@@H](Oc2cc(-c3ccccc3)nc3cc(OC)ccc23)CN1C(=O)CCC(=O)N1CCCCC1)C(=O)NS(=O)(=O)C1CC1.CC(C)c1csc(-c2cc(O[C@@H]3C[C@H]4C(=O)C[C@]5(C(=O)CS(=O)(=O)C6CC6)C[C@H]5/C=C\CCCCC[C@H](CC(=O)N5CCCC(F)(F)C5)C(=O)N4C3)c3ccccc3n2)n1. The number of likely N-dealkylation sites (tertiary alicyclic amines) is 3. The molecule has 0 radical (unpaired) electrons.